The van der Waals surface area contributed by atoms with Crippen molar-refractivity contribution >= 4 is 5.91 Å². The first-order valence-corrected chi connectivity index (χ1v) is 3.58. The van der Waals surface area contributed by atoms with Crippen molar-refractivity contribution in [2.45, 2.75) is 26.7 Å². The molecule has 1 rings (SSSR count). The molecule has 3 N–H and O–H groups in total. The van der Waals surface area contributed by atoms with Gasteiger partial charge in [0.15, 0.2) is 0 Å². The summed E-state index contributed by atoms with van der Waals surface area (Å²) < 4.78 is 0. The van der Waals surface area contributed by atoms with Crippen LogP contribution in [0.2, 0.25) is 0 Å². The van der Waals surface area contributed by atoms with E-state index in [4.69, 9.17) is 5.84 Å². The number of rotatable bonds is 1. The van der Waals surface area contributed by atoms with Gasteiger partial charge in [0.2, 0.25) is 5.91 Å². The predicted octanol–water partition coefficient (Wildman–Crippen LogP) is 0.413. The quantitative estimate of drug-likeness (QED) is 0.316. The van der Waals surface area contributed by atoms with Gasteiger partial charge in [0.25, 0.3) is 0 Å². The van der Waals surface area contributed by atoms with Crippen LogP contribution in [0.5, 0.6) is 0 Å². The maximum Gasteiger partial charge on any atom is 0.237 e. The van der Waals surface area contributed by atoms with Crippen molar-refractivity contribution in [1.29, 1.82) is 0 Å². The highest BCUT2D eigenvalue weighted by atomic mass is 16.2. The highest BCUT2D eigenvalue weighted by Gasteiger charge is 2.42. The molecule has 0 aromatic rings. The van der Waals surface area contributed by atoms with Crippen molar-refractivity contribution in [3.8, 4) is 0 Å². The Hall–Kier alpha value is -0.570. The summed E-state index contributed by atoms with van der Waals surface area (Å²) in [5.74, 6) is 5.12. The first kappa shape index (κ1) is 7.54. The van der Waals surface area contributed by atoms with Crippen LogP contribution in [0.15, 0.2) is 0 Å². The van der Waals surface area contributed by atoms with Crippen LogP contribution in [0.3, 0.4) is 0 Å². The standard InChI is InChI=1S/C7H14N2O/c1-7(2)4-3-5(7)6(10)9-8/h5H,3-4,8H2,1-2H3,(H,9,10). The molecule has 3 heteroatoms. The van der Waals surface area contributed by atoms with E-state index < -0.39 is 0 Å². The third-order valence-corrected chi connectivity index (χ3v) is 2.48. The fourth-order valence-electron chi connectivity index (χ4n) is 1.45. The largest absolute Gasteiger partial charge is 0.294 e. The van der Waals surface area contributed by atoms with E-state index in [1.165, 1.54) is 0 Å². The minimum atomic E-state index is -0.0174. The molecular weight excluding hydrogens is 128 g/mol. The average Bonchev–Trinajstić information content (AvgIpc) is 1.86. The summed E-state index contributed by atoms with van der Waals surface area (Å²) in [5.41, 5.74) is 2.35. The first-order valence-electron chi connectivity index (χ1n) is 3.58. The lowest BCUT2D eigenvalue weighted by molar-refractivity contribution is -0.134. The zero-order valence-electron chi connectivity index (χ0n) is 6.48. The molecule has 1 aliphatic carbocycles. The molecule has 1 atom stereocenters. The van der Waals surface area contributed by atoms with E-state index in [0.29, 0.717) is 0 Å². The molecule has 0 aliphatic heterocycles. The Morgan fingerprint density at radius 3 is 2.40 bits per heavy atom. The van der Waals surface area contributed by atoms with Gasteiger partial charge < -0.3 is 0 Å². The summed E-state index contributed by atoms with van der Waals surface area (Å²) in [6.45, 7) is 4.19. The van der Waals surface area contributed by atoms with Crippen LogP contribution >= 0.6 is 0 Å². The molecule has 1 amide bonds. The van der Waals surface area contributed by atoms with Gasteiger partial charge in [0, 0.05) is 5.92 Å². The molecule has 1 fully saturated rings. The van der Waals surface area contributed by atoms with E-state index in [0.717, 1.165) is 12.8 Å². The summed E-state index contributed by atoms with van der Waals surface area (Å²) in [5, 5.41) is 0. The third kappa shape index (κ3) is 1.01. The zero-order valence-corrected chi connectivity index (χ0v) is 6.48. The van der Waals surface area contributed by atoms with Crippen LogP contribution in [0.25, 0.3) is 0 Å². The Balaban J connectivity index is 2.51. The monoisotopic (exact) mass is 142 g/mol. The molecule has 0 spiro atoms. The molecule has 0 bridgehead atoms. The van der Waals surface area contributed by atoms with Crippen LogP contribution in [0.1, 0.15) is 26.7 Å². The number of nitrogens with two attached hydrogens (primary N) is 1. The van der Waals surface area contributed by atoms with E-state index in [-0.39, 0.29) is 17.2 Å². The van der Waals surface area contributed by atoms with E-state index in [1.807, 2.05) is 0 Å². The second-order valence-electron chi connectivity index (χ2n) is 3.59. The fraction of sp³-hybridized carbons (Fsp3) is 0.857. The molecule has 0 saturated heterocycles. The minimum Gasteiger partial charge on any atom is -0.294 e. The van der Waals surface area contributed by atoms with E-state index in [1.54, 1.807) is 0 Å². The molecule has 0 aromatic heterocycles. The molecule has 0 aromatic carbocycles. The molecule has 1 saturated carbocycles. The Bertz CT molecular complexity index is 154. The van der Waals surface area contributed by atoms with Crippen LogP contribution in [0, 0.1) is 11.3 Å². The van der Waals surface area contributed by atoms with Gasteiger partial charge in [-0.25, -0.2) is 5.84 Å². The lowest BCUT2D eigenvalue weighted by atomic mass is 9.62. The molecule has 3 nitrogen and oxygen atoms in total. The number of carbonyl (C=O) groups is 1. The van der Waals surface area contributed by atoms with Crippen molar-refractivity contribution in [2.24, 2.45) is 17.2 Å². The number of nitrogens with one attached hydrogen (secondary N) is 1. The highest BCUT2D eigenvalue weighted by Crippen LogP contribution is 2.45. The Morgan fingerprint density at radius 1 is 1.70 bits per heavy atom. The summed E-state index contributed by atoms with van der Waals surface area (Å²) in [7, 11) is 0. The van der Waals surface area contributed by atoms with Gasteiger partial charge in [0.1, 0.15) is 0 Å². The van der Waals surface area contributed by atoms with Crippen molar-refractivity contribution in [3.05, 3.63) is 0 Å². The third-order valence-electron chi connectivity index (χ3n) is 2.48. The van der Waals surface area contributed by atoms with Crippen molar-refractivity contribution < 1.29 is 4.79 Å². The molecule has 1 aliphatic rings. The van der Waals surface area contributed by atoms with E-state index in [2.05, 4.69) is 19.3 Å². The summed E-state index contributed by atoms with van der Waals surface area (Å²) in [4.78, 5) is 11.0. The van der Waals surface area contributed by atoms with Crippen LogP contribution in [0.4, 0.5) is 0 Å². The predicted molar refractivity (Wildman–Crippen MR) is 38.8 cm³/mol. The van der Waals surface area contributed by atoms with Gasteiger partial charge in [-0.05, 0) is 18.3 Å². The summed E-state index contributed by atoms with van der Waals surface area (Å²) >= 11 is 0. The number of carbonyl (C=O) groups excluding carboxylic acids is 1. The fourth-order valence-corrected chi connectivity index (χ4v) is 1.45. The van der Waals surface area contributed by atoms with Crippen molar-refractivity contribution in [3.63, 3.8) is 0 Å². The van der Waals surface area contributed by atoms with Gasteiger partial charge >= 0.3 is 0 Å². The van der Waals surface area contributed by atoms with Gasteiger partial charge in [-0.1, -0.05) is 13.8 Å². The van der Waals surface area contributed by atoms with Gasteiger partial charge in [-0.15, -0.1) is 0 Å². The van der Waals surface area contributed by atoms with Crippen molar-refractivity contribution in [1.82, 2.24) is 5.43 Å². The number of hydrogen-bond donors (Lipinski definition) is 2. The smallest absolute Gasteiger partial charge is 0.237 e. The number of hydrazine groups is 1. The van der Waals surface area contributed by atoms with Crippen LogP contribution in [-0.2, 0) is 4.79 Å². The van der Waals surface area contributed by atoms with Crippen LogP contribution in [-0.4, -0.2) is 5.91 Å². The Kier molecular flexibility index (Phi) is 1.68. The first-order chi connectivity index (χ1) is 4.58. The molecule has 1 unspecified atom stereocenters. The topological polar surface area (TPSA) is 55.1 Å². The normalized spacial score (nSPS) is 28.9. The van der Waals surface area contributed by atoms with Gasteiger partial charge in [-0.2, -0.15) is 0 Å². The SMILES string of the molecule is CC1(C)CCC1C(=O)NN. The second-order valence-corrected chi connectivity index (χ2v) is 3.59. The minimum absolute atomic E-state index is 0.0174. The molecule has 58 valence electrons. The maximum absolute atomic E-state index is 11.0. The lowest BCUT2D eigenvalue weighted by Gasteiger charge is -2.42. The maximum atomic E-state index is 11.0. The number of hydrogen-bond acceptors (Lipinski definition) is 2. The van der Waals surface area contributed by atoms with Gasteiger partial charge in [0.05, 0.1) is 0 Å². The molecule has 0 radical (unpaired) electrons. The Morgan fingerprint density at radius 2 is 2.30 bits per heavy atom. The Labute approximate surface area is 60.9 Å². The van der Waals surface area contributed by atoms with Crippen molar-refractivity contribution in [2.75, 3.05) is 0 Å². The van der Waals surface area contributed by atoms with E-state index >= 15 is 0 Å². The zero-order chi connectivity index (χ0) is 7.78. The molecule has 0 heterocycles. The number of amides is 1. The summed E-state index contributed by atoms with van der Waals surface area (Å²) in [6.07, 6.45) is 2.11. The molecule has 10 heavy (non-hydrogen) atoms. The lowest BCUT2D eigenvalue weighted by Crippen LogP contribution is -2.47. The average molecular weight is 142 g/mol. The second kappa shape index (κ2) is 2.23. The summed E-state index contributed by atoms with van der Waals surface area (Å²) in [6, 6.07) is 0. The van der Waals surface area contributed by atoms with Crippen LogP contribution < -0.4 is 11.3 Å². The highest BCUT2D eigenvalue weighted by molar-refractivity contribution is 5.79. The van der Waals surface area contributed by atoms with Gasteiger partial charge in [-0.3, -0.25) is 10.2 Å². The van der Waals surface area contributed by atoms with E-state index in [9.17, 15) is 4.79 Å². The molecular formula is C7H14N2O.